The molecular formula is C26H27FN4O. The minimum Gasteiger partial charge on any atom is -0.355 e. The van der Waals surface area contributed by atoms with Crippen LogP contribution < -0.4 is 5.32 Å². The fourth-order valence-electron chi connectivity index (χ4n) is 5.18. The van der Waals surface area contributed by atoms with Gasteiger partial charge < -0.3 is 10.3 Å². The molecule has 0 radical (unpaired) electrons. The Morgan fingerprint density at radius 1 is 1.09 bits per heavy atom. The highest BCUT2D eigenvalue weighted by atomic mass is 19.1. The molecule has 1 amide bonds. The van der Waals surface area contributed by atoms with Gasteiger partial charge in [0.15, 0.2) is 0 Å². The number of carbonyl (C=O) groups is 1. The highest BCUT2D eigenvalue weighted by molar-refractivity contribution is 5.97. The van der Waals surface area contributed by atoms with Crippen LogP contribution in [0.5, 0.6) is 0 Å². The molecule has 2 N–H and O–H groups in total. The summed E-state index contributed by atoms with van der Waals surface area (Å²) in [6.07, 6.45) is 6.19. The zero-order chi connectivity index (χ0) is 22.2. The highest BCUT2D eigenvalue weighted by Crippen LogP contribution is 2.43. The fourth-order valence-corrected chi connectivity index (χ4v) is 5.18. The first-order valence-corrected chi connectivity index (χ1v) is 11.3. The molecule has 1 fully saturated rings. The molecule has 0 unspecified atom stereocenters. The Balaban J connectivity index is 1.32. The zero-order valence-corrected chi connectivity index (χ0v) is 18.4. The van der Waals surface area contributed by atoms with Crippen LogP contribution in [0.25, 0.3) is 21.9 Å². The summed E-state index contributed by atoms with van der Waals surface area (Å²) in [7, 11) is 1.63. The van der Waals surface area contributed by atoms with Crippen LogP contribution in [0.2, 0.25) is 0 Å². The quantitative estimate of drug-likeness (QED) is 0.437. The van der Waals surface area contributed by atoms with Crippen molar-refractivity contribution in [3.8, 4) is 0 Å². The normalized spacial score (nSPS) is 19.8. The zero-order valence-electron chi connectivity index (χ0n) is 18.4. The van der Waals surface area contributed by atoms with E-state index in [4.69, 9.17) is 4.98 Å². The molecule has 0 bridgehead atoms. The Bertz CT molecular complexity index is 1290. The molecule has 5 nitrogen and oxygen atoms in total. The first-order chi connectivity index (χ1) is 15.5. The van der Waals surface area contributed by atoms with Gasteiger partial charge in [-0.2, -0.15) is 0 Å². The van der Waals surface area contributed by atoms with Crippen molar-refractivity contribution >= 4 is 27.8 Å². The summed E-state index contributed by atoms with van der Waals surface area (Å²) < 4.78 is 13.9. The van der Waals surface area contributed by atoms with Crippen LogP contribution in [0.1, 0.15) is 66.2 Å². The van der Waals surface area contributed by atoms with Gasteiger partial charge in [-0.1, -0.05) is 6.92 Å². The van der Waals surface area contributed by atoms with Crippen molar-refractivity contribution in [1.29, 1.82) is 0 Å². The van der Waals surface area contributed by atoms with Gasteiger partial charge in [0.1, 0.15) is 11.6 Å². The van der Waals surface area contributed by atoms with Crippen molar-refractivity contribution in [3.05, 3.63) is 71.4 Å². The molecule has 164 valence electrons. The number of carbonyl (C=O) groups excluding carboxylic acids is 1. The Kier molecular flexibility index (Phi) is 5.37. The molecule has 2 aromatic carbocycles. The summed E-state index contributed by atoms with van der Waals surface area (Å²) in [6.45, 7) is 2.24. The summed E-state index contributed by atoms with van der Waals surface area (Å²) in [5, 5.41) is 3.60. The molecule has 0 saturated heterocycles. The number of benzene rings is 2. The second-order valence-corrected chi connectivity index (χ2v) is 8.90. The van der Waals surface area contributed by atoms with E-state index in [0.717, 1.165) is 53.4 Å². The number of imidazole rings is 1. The van der Waals surface area contributed by atoms with Crippen molar-refractivity contribution in [3.63, 3.8) is 0 Å². The monoisotopic (exact) mass is 430 g/mol. The number of halogens is 1. The average Bonchev–Trinajstić information content (AvgIpc) is 3.26. The lowest BCUT2D eigenvalue weighted by molar-refractivity contribution is 0.0963. The van der Waals surface area contributed by atoms with Crippen LogP contribution in [0.4, 0.5) is 4.39 Å². The highest BCUT2D eigenvalue weighted by Gasteiger charge is 2.29. The molecule has 0 spiro atoms. The van der Waals surface area contributed by atoms with E-state index in [-0.39, 0.29) is 11.7 Å². The minimum atomic E-state index is -0.210. The van der Waals surface area contributed by atoms with E-state index in [9.17, 15) is 9.18 Å². The van der Waals surface area contributed by atoms with Gasteiger partial charge in [-0.25, -0.2) is 9.37 Å². The van der Waals surface area contributed by atoms with E-state index in [2.05, 4.69) is 28.3 Å². The predicted octanol–water partition coefficient (Wildman–Crippen LogP) is 5.69. The van der Waals surface area contributed by atoms with Crippen molar-refractivity contribution < 1.29 is 9.18 Å². The van der Waals surface area contributed by atoms with Gasteiger partial charge in [0.05, 0.1) is 16.6 Å². The van der Waals surface area contributed by atoms with E-state index in [1.807, 2.05) is 24.4 Å². The molecule has 5 rings (SSSR count). The molecule has 0 aliphatic heterocycles. The van der Waals surface area contributed by atoms with Crippen LogP contribution in [-0.4, -0.2) is 27.9 Å². The third kappa shape index (κ3) is 3.74. The van der Waals surface area contributed by atoms with Crippen LogP contribution in [0.15, 0.2) is 48.7 Å². The lowest BCUT2D eigenvalue weighted by Crippen LogP contribution is -2.19. The van der Waals surface area contributed by atoms with E-state index in [1.54, 1.807) is 19.2 Å². The smallest absolute Gasteiger partial charge is 0.251 e. The van der Waals surface area contributed by atoms with Crippen LogP contribution in [-0.2, 0) is 0 Å². The second-order valence-electron chi connectivity index (χ2n) is 8.90. The largest absolute Gasteiger partial charge is 0.355 e. The van der Waals surface area contributed by atoms with E-state index in [0.29, 0.717) is 23.3 Å². The summed E-state index contributed by atoms with van der Waals surface area (Å²) in [5.74, 6) is 1.94. The summed E-state index contributed by atoms with van der Waals surface area (Å²) >= 11 is 0. The van der Waals surface area contributed by atoms with E-state index < -0.39 is 0 Å². The van der Waals surface area contributed by atoms with Crippen LogP contribution in [0, 0.1) is 11.7 Å². The van der Waals surface area contributed by atoms with Gasteiger partial charge in [0.2, 0.25) is 0 Å². The number of aromatic nitrogens is 3. The summed E-state index contributed by atoms with van der Waals surface area (Å²) in [4.78, 5) is 24.6. The van der Waals surface area contributed by atoms with Gasteiger partial charge >= 0.3 is 0 Å². The number of nitrogens with one attached hydrogen (secondary N) is 2. The maximum atomic E-state index is 13.9. The molecule has 1 saturated carbocycles. The number of nitrogens with zero attached hydrogens (tertiary/aromatic N) is 2. The average molecular weight is 431 g/mol. The Labute approximate surface area is 186 Å². The molecule has 1 atom stereocenters. The standard InChI is InChI=1S/C26H27FN4O/c1-15(25-30-23-9-7-18(26(32)28-2)13-24(23)31-25)16-3-5-17(6-4-16)20-11-12-29-22-10-8-19(27)14-21(20)22/h7-17H,3-6H2,1-2H3,(H,28,32)(H,30,31)/t15-,16?,17?/m1/s1. The maximum Gasteiger partial charge on any atom is 0.251 e. The molecular weight excluding hydrogens is 403 g/mol. The van der Waals surface area contributed by atoms with Crippen molar-refractivity contribution in [1.82, 2.24) is 20.3 Å². The molecule has 2 heterocycles. The fraction of sp³-hybridized carbons (Fsp3) is 0.346. The van der Waals surface area contributed by atoms with E-state index in [1.165, 1.54) is 11.6 Å². The number of aromatic amines is 1. The van der Waals surface area contributed by atoms with Crippen LogP contribution >= 0.6 is 0 Å². The lowest BCUT2D eigenvalue weighted by atomic mass is 9.73. The summed E-state index contributed by atoms with van der Waals surface area (Å²) in [5.41, 5.74) is 4.48. The van der Waals surface area contributed by atoms with Gasteiger partial charge in [-0.15, -0.1) is 0 Å². The third-order valence-corrected chi connectivity index (χ3v) is 7.08. The number of H-pyrrole nitrogens is 1. The first-order valence-electron chi connectivity index (χ1n) is 11.3. The Morgan fingerprint density at radius 2 is 1.88 bits per heavy atom. The predicted molar refractivity (Wildman–Crippen MR) is 124 cm³/mol. The third-order valence-electron chi connectivity index (χ3n) is 7.08. The molecule has 1 aliphatic carbocycles. The van der Waals surface area contributed by atoms with Gasteiger partial charge in [-0.05, 0) is 85.5 Å². The van der Waals surface area contributed by atoms with Gasteiger partial charge in [0, 0.05) is 30.1 Å². The second kappa shape index (κ2) is 8.34. The number of hydrogen-bond acceptors (Lipinski definition) is 3. The van der Waals surface area contributed by atoms with E-state index >= 15 is 0 Å². The number of pyridine rings is 1. The van der Waals surface area contributed by atoms with Crippen molar-refractivity contribution in [2.45, 2.75) is 44.4 Å². The Hall–Kier alpha value is -3.28. The Morgan fingerprint density at radius 3 is 2.66 bits per heavy atom. The maximum absolute atomic E-state index is 13.9. The summed E-state index contributed by atoms with van der Waals surface area (Å²) in [6, 6.07) is 12.5. The molecule has 2 aromatic heterocycles. The number of hydrogen-bond donors (Lipinski definition) is 2. The molecule has 6 heteroatoms. The molecule has 1 aliphatic rings. The first kappa shape index (κ1) is 20.6. The SMILES string of the molecule is CNC(=O)c1ccc2nc([C@H](C)C3CCC(c4ccnc5ccc(F)cc45)CC3)[nH]c2c1. The van der Waals surface area contributed by atoms with Gasteiger partial charge in [0.25, 0.3) is 5.91 Å². The lowest BCUT2D eigenvalue weighted by Gasteiger charge is -2.32. The van der Waals surface area contributed by atoms with Gasteiger partial charge in [-0.3, -0.25) is 9.78 Å². The molecule has 32 heavy (non-hydrogen) atoms. The van der Waals surface area contributed by atoms with Crippen LogP contribution in [0.3, 0.4) is 0 Å². The number of rotatable bonds is 4. The molecule has 4 aromatic rings. The number of amides is 1. The number of fused-ring (bicyclic) bond motifs is 2. The van der Waals surface area contributed by atoms with Crippen molar-refractivity contribution in [2.24, 2.45) is 5.92 Å². The topological polar surface area (TPSA) is 70.7 Å². The minimum absolute atomic E-state index is 0.0991. The van der Waals surface area contributed by atoms with Crippen molar-refractivity contribution in [2.75, 3.05) is 7.05 Å².